The Morgan fingerprint density at radius 2 is 1.85 bits per heavy atom. The third kappa shape index (κ3) is 5.32. The maximum atomic E-state index is 12.0. The molecule has 5 nitrogen and oxygen atoms in total. The monoisotopic (exact) mass is 458 g/mol. The van der Waals surface area contributed by atoms with Crippen molar-refractivity contribution >= 4 is 16.9 Å². The second kappa shape index (κ2) is 10.6. The van der Waals surface area contributed by atoms with E-state index in [-0.39, 0.29) is 19.0 Å². The molecule has 1 aromatic heterocycles. The van der Waals surface area contributed by atoms with Gasteiger partial charge in [0.1, 0.15) is 30.3 Å². The van der Waals surface area contributed by atoms with Crippen molar-refractivity contribution < 1.29 is 23.8 Å². The van der Waals surface area contributed by atoms with Crippen molar-refractivity contribution in [1.29, 1.82) is 0 Å². The van der Waals surface area contributed by atoms with Gasteiger partial charge in [0.05, 0.1) is 13.0 Å². The molecule has 0 amide bonds. The van der Waals surface area contributed by atoms with Crippen LogP contribution in [0.25, 0.3) is 22.1 Å². The molecular weight excluding hydrogens is 428 g/mol. The summed E-state index contributed by atoms with van der Waals surface area (Å²) in [5, 5.41) is 10.5. The van der Waals surface area contributed by atoms with Gasteiger partial charge in [0, 0.05) is 16.5 Å². The minimum atomic E-state index is -0.273. The van der Waals surface area contributed by atoms with Crippen molar-refractivity contribution in [3.8, 4) is 16.9 Å². The topological polar surface area (TPSA) is 68.9 Å². The highest BCUT2D eigenvalue weighted by Gasteiger charge is 2.15. The first-order chi connectivity index (χ1) is 16.5. The molecular formula is C29H30O5. The standard InChI is InChI=1S/C29H30O5/c1-4-20-7-6-8-22(12-20)26-14-21(13-24-15-25(17-30)34-29(24)26)18-33-27-11-19(3)9-10-23(27)16-28(31)32-5-2/h6-15,30H,4-5,16-18H2,1-3H3. The summed E-state index contributed by atoms with van der Waals surface area (Å²) in [4.78, 5) is 12.0. The third-order valence-corrected chi connectivity index (χ3v) is 5.79. The highest BCUT2D eigenvalue weighted by atomic mass is 16.5. The quantitative estimate of drug-likeness (QED) is 0.305. The Morgan fingerprint density at radius 3 is 2.62 bits per heavy atom. The van der Waals surface area contributed by atoms with Crippen LogP contribution in [0.2, 0.25) is 0 Å². The summed E-state index contributed by atoms with van der Waals surface area (Å²) < 4.78 is 17.3. The van der Waals surface area contributed by atoms with E-state index in [0.29, 0.717) is 24.7 Å². The van der Waals surface area contributed by atoms with Crippen LogP contribution in [-0.2, 0) is 35.6 Å². The number of aliphatic hydroxyl groups is 1. The maximum absolute atomic E-state index is 12.0. The third-order valence-electron chi connectivity index (χ3n) is 5.79. The number of hydrogen-bond acceptors (Lipinski definition) is 5. The number of carbonyl (C=O) groups is 1. The minimum Gasteiger partial charge on any atom is -0.489 e. The molecule has 0 bridgehead atoms. The zero-order valence-electron chi connectivity index (χ0n) is 19.9. The Balaban J connectivity index is 1.68. The largest absolute Gasteiger partial charge is 0.489 e. The number of rotatable bonds is 9. The number of furan rings is 1. The summed E-state index contributed by atoms with van der Waals surface area (Å²) in [7, 11) is 0. The number of carbonyl (C=O) groups excluding carboxylic acids is 1. The van der Waals surface area contributed by atoms with Crippen molar-refractivity contribution in [3.05, 3.63) is 88.7 Å². The Kier molecular flexibility index (Phi) is 7.33. The van der Waals surface area contributed by atoms with Crippen molar-refractivity contribution in [2.45, 2.75) is 46.8 Å². The molecule has 1 heterocycles. The number of aliphatic hydroxyl groups excluding tert-OH is 1. The summed E-state index contributed by atoms with van der Waals surface area (Å²) in [5.41, 5.74) is 6.83. The van der Waals surface area contributed by atoms with Gasteiger partial charge in [-0.25, -0.2) is 0 Å². The first-order valence-electron chi connectivity index (χ1n) is 11.6. The number of benzene rings is 3. The molecule has 0 atom stereocenters. The van der Waals surface area contributed by atoms with E-state index >= 15 is 0 Å². The molecule has 4 rings (SSSR count). The predicted molar refractivity (Wildman–Crippen MR) is 133 cm³/mol. The van der Waals surface area contributed by atoms with Gasteiger partial charge in [0.25, 0.3) is 0 Å². The average molecular weight is 459 g/mol. The van der Waals surface area contributed by atoms with E-state index < -0.39 is 0 Å². The molecule has 0 radical (unpaired) electrons. The lowest BCUT2D eigenvalue weighted by Crippen LogP contribution is -2.09. The molecule has 0 saturated carbocycles. The number of hydrogen-bond donors (Lipinski definition) is 1. The van der Waals surface area contributed by atoms with Crippen molar-refractivity contribution in [2.24, 2.45) is 0 Å². The zero-order chi connectivity index (χ0) is 24.1. The molecule has 0 aliphatic rings. The molecule has 0 spiro atoms. The van der Waals surface area contributed by atoms with Crippen LogP contribution in [-0.4, -0.2) is 17.7 Å². The highest BCUT2D eigenvalue weighted by Crippen LogP contribution is 2.34. The number of aryl methyl sites for hydroxylation is 2. The normalized spacial score (nSPS) is 11.1. The van der Waals surface area contributed by atoms with E-state index in [1.54, 1.807) is 6.92 Å². The fraction of sp³-hybridized carbons (Fsp3) is 0.276. The highest BCUT2D eigenvalue weighted by molar-refractivity contribution is 5.93. The van der Waals surface area contributed by atoms with Gasteiger partial charge in [0.2, 0.25) is 0 Å². The second-order valence-corrected chi connectivity index (χ2v) is 8.37. The lowest BCUT2D eigenvalue weighted by Gasteiger charge is -2.14. The summed E-state index contributed by atoms with van der Waals surface area (Å²) in [5.74, 6) is 0.924. The van der Waals surface area contributed by atoms with Gasteiger partial charge < -0.3 is 19.0 Å². The molecule has 0 aliphatic carbocycles. The first-order valence-corrected chi connectivity index (χ1v) is 11.6. The van der Waals surface area contributed by atoms with Gasteiger partial charge in [-0.1, -0.05) is 43.3 Å². The SMILES string of the molecule is CCOC(=O)Cc1ccc(C)cc1OCc1cc(-c2cccc(CC)c2)c2oc(CO)cc2c1. The van der Waals surface area contributed by atoms with Gasteiger partial charge in [-0.15, -0.1) is 0 Å². The number of ether oxygens (including phenoxy) is 2. The molecule has 1 N–H and O–H groups in total. The molecule has 176 valence electrons. The Bertz CT molecular complexity index is 1300. The summed E-state index contributed by atoms with van der Waals surface area (Å²) >= 11 is 0. The van der Waals surface area contributed by atoms with E-state index in [4.69, 9.17) is 13.9 Å². The molecule has 5 heteroatoms. The predicted octanol–water partition coefficient (Wildman–Crippen LogP) is 6.15. The fourth-order valence-corrected chi connectivity index (χ4v) is 4.07. The lowest BCUT2D eigenvalue weighted by molar-refractivity contribution is -0.142. The molecule has 0 fully saturated rings. The zero-order valence-corrected chi connectivity index (χ0v) is 19.9. The molecule has 4 aromatic rings. The molecule has 0 unspecified atom stereocenters. The van der Waals surface area contributed by atoms with E-state index in [0.717, 1.165) is 45.2 Å². The van der Waals surface area contributed by atoms with E-state index in [1.807, 2.05) is 43.3 Å². The van der Waals surface area contributed by atoms with Crippen LogP contribution in [0.3, 0.4) is 0 Å². The Hall–Kier alpha value is -3.57. The molecule has 0 aliphatic heterocycles. The average Bonchev–Trinajstić information content (AvgIpc) is 3.27. The van der Waals surface area contributed by atoms with Crippen molar-refractivity contribution in [2.75, 3.05) is 6.61 Å². The number of esters is 1. The second-order valence-electron chi connectivity index (χ2n) is 8.37. The number of fused-ring (bicyclic) bond motifs is 1. The van der Waals surface area contributed by atoms with Crippen LogP contribution in [0.4, 0.5) is 0 Å². The van der Waals surface area contributed by atoms with Crippen LogP contribution in [0.15, 0.2) is 65.1 Å². The van der Waals surface area contributed by atoms with Gasteiger partial charge in [0.15, 0.2) is 0 Å². The molecule has 0 saturated heterocycles. The van der Waals surface area contributed by atoms with E-state index in [2.05, 4.69) is 31.2 Å². The first kappa shape index (κ1) is 23.6. The Labute approximate surface area is 199 Å². The van der Waals surface area contributed by atoms with Crippen LogP contribution in [0.1, 0.15) is 41.9 Å². The minimum absolute atomic E-state index is 0.157. The summed E-state index contributed by atoms with van der Waals surface area (Å²) in [6, 6.07) is 20.2. The van der Waals surface area contributed by atoms with Gasteiger partial charge in [-0.05, 0) is 66.8 Å². The van der Waals surface area contributed by atoms with Crippen LogP contribution in [0.5, 0.6) is 5.75 Å². The molecule has 34 heavy (non-hydrogen) atoms. The van der Waals surface area contributed by atoms with Crippen LogP contribution in [0, 0.1) is 6.92 Å². The lowest BCUT2D eigenvalue weighted by atomic mass is 9.98. The van der Waals surface area contributed by atoms with Gasteiger partial charge in [-0.2, -0.15) is 0 Å². The van der Waals surface area contributed by atoms with Gasteiger partial charge in [-0.3, -0.25) is 4.79 Å². The maximum Gasteiger partial charge on any atom is 0.310 e. The van der Waals surface area contributed by atoms with Crippen molar-refractivity contribution in [1.82, 2.24) is 0 Å². The molecule has 3 aromatic carbocycles. The summed E-state index contributed by atoms with van der Waals surface area (Å²) in [6.07, 6.45) is 1.11. The van der Waals surface area contributed by atoms with Gasteiger partial charge >= 0.3 is 5.97 Å². The fourth-order valence-electron chi connectivity index (χ4n) is 4.07. The van der Waals surface area contributed by atoms with Crippen molar-refractivity contribution in [3.63, 3.8) is 0 Å². The van der Waals surface area contributed by atoms with Crippen LogP contribution < -0.4 is 4.74 Å². The van der Waals surface area contributed by atoms with Crippen LogP contribution >= 0.6 is 0 Å². The van der Waals surface area contributed by atoms with E-state index in [9.17, 15) is 9.90 Å². The Morgan fingerprint density at radius 1 is 1.00 bits per heavy atom. The summed E-state index contributed by atoms with van der Waals surface area (Å²) in [6.45, 7) is 6.44. The van der Waals surface area contributed by atoms with E-state index in [1.165, 1.54) is 5.56 Å². The smallest absolute Gasteiger partial charge is 0.310 e.